The zero-order chi connectivity index (χ0) is 19.3. The van der Waals surface area contributed by atoms with E-state index in [-0.39, 0.29) is 41.6 Å². The largest absolute Gasteiger partial charge is 0.331 e. The molecule has 0 bridgehead atoms. The quantitative estimate of drug-likeness (QED) is 0.757. The summed E-state index contributed by atoms with van der Waals surface area (Å²) in [5.41, 5.74) is 0.960. The lowest BCUT2D eigenvalue weighted by molar-refractivity contribution is -0.170. The summed E-state index contributed by atoms with van der Waals surface area (Å²) in [7, 11) is 0. The van der Waals surface area contributed by atoms with E-state index in [2.05, 4.69) is 12.1 Å². The van der Waals surface area contributed by atoms with Gasteiger partial charge in [-0.3, -0.25) is 19.3 Å². The molecule has 2 saturated heterocycles. The monoisotopic (exact) mass is 380 g/mol. The van der Waals surface area contributed by atoms with E-state index >= 15 is 0 Å². The second-order valence-corrected chi connectivity index (χ2v) is 9.00. The molecule has 5 nitrogen and oxygen atoms in total. The minimum absolute atomic E-state index is 0.0673. The Morgan fingerprint density at radius 2 is 1.57 bits per heavy atom. The van der Waals surface area contributed by atoms with Gasteiger partial charge in [-0.1, -0.05) is 56.0 Å². The van der Waals surface area contributed by atoms with E-state index in [1.54, 1.807) is 0 Å². The lowest BCUT2D eigenvalue weighted by Crippen LogP contribution is -2.68. The minimum Gasteiger partial charge on any atom is -0.331 e. The van der Waals surface area contributed by atoms with E-state index in [0.717, 1.165) is 51.5 Å². The van der Waals surface area contributed by atoms with E-state index in [0.29, 0.717) is 5.92 Å². The van der Waals surface area contributed by atoms with Crippen molar-refractivity contribution in [3.05, 3.63) is 35.9 Å². The van der Waals surface area contributed by atoms with Crippen LogP contribution >= 0.6 is 0 Å². The fourth-order valence-corrected chi connectivity index (χ4v) is 6.29. The maximum absolute atomic E-state index is 13.3. The van der Waals surface area contributed by atoms with Crippen LogP contribution in [-0.4, -0.2) is 40.6 Å². The van der Waals surface area contributed by atoms with Gasteiger partial charge in [-0.25, -0.2) is 0 Å². The molecule has 2 saturated carbocycles. The number of imide groups is 1. The Balaban J connectivity index is 1.38. The summed E-state index contributed by atoms with van der Waals surface area (Å²) in [5, 5.41) is 0. The van der Waals surface area contributed by atoms with Gasteiger partial charge in [0.15, 0.2) is 0 Å². The smallest absolute Gasteiger partial charge is 0.243 e. The van der Waals surface area contributed by atoms with Crippen molar-refractivity contribution in [3.63, 3.8) is 0 Å². The molecule has 28 heavy (non-hydrogen) atoms. The normalized spacial score (nSPS) is 34.6. The van der Waals surface area contributed by atoms with E-state index in [1.807, 2.05) is 23.1 Å². The molecule has 2 heterocycles. The lowest BCUT2D eigenvalue weighted by atomic mass is 9.61. The summed E-state index contributed by atoms with van der Waals surface area (Å²) >= 11 is 0. The molecule has 4 fully saturated rings. The van der Waals surface area contributed by atoms with E-state index in [9.17, 15) is 14.4 Å². The van der Waals surface area contributed by atoms with E-state index < -0.39 is 0 Å². The number of amides is 3. The first-order valence-corrected chi connectivity index (χ1v) is 10.8. The molecule has 0 spiro atoms. The molecule has 5 heteroatoms. The molecule has 2 aliphatic carbocycles. The van der Waals surface area contributed by atoms with Gasteiger partial charge in [0.1, 0.15) is 6.54 Å². The van der Waals surface area contributed by atoms with Gasteiger partial charge in [0, 0.05) is 12.5 Å². The number of hydrogen-bond acceptors (Lipinski definition) is 3. The third kappa shape index (κ3) is 2.48. The van der Waals surface area contributed by atoms with Crippen molar-refractivity contribution in [2.45, 2.75) is 56.9 Å². The van der Waals surface area contributed by atoms with Crippen LogP contribution in [0.4, 0.5) is 0 Å². The molecule has 0 unspecified atom stereocenters. The molecule has 2 aliphatic heterocycles. The Bertz CT molecular complexity index is 783. The number of hydrogen-bond donors (Lipinski definition) is 0. The van der Waals surface area contributed by atoms with Crippen molar-refractivity contribution in [2.75, 3.05) is 13.1 Å². The van der Waals surface area contributed by atoms with E-state index in [4.69, 9.17) is 0 Å². The first-order valence-electron chi connectivity index (χ1n) is 10.8. The number of carbonyl (C=O) groups excluding carboxylic acids is 3. The average molecular weight is 380 g/mol. The van der Waals surface area contributed by atoms with Gasteiger partial charge in [0.05, 0.1) is 17.4 Å². The molecule has 1 aromatic rings. The highest BCUT2D eigenvalue weighted by atomic mass is 16.2. The Kier molecular flexibility index (Phi) is 4.29. The Morgan fingerprint density at radius 3 is 2.21 bits per heavy atom. The second-order valence-electron chi connectivity index (χ2n) is 9.00. The first kappa shape index (κ1) is 17.9. The summed E-state index contributed by atoms with van der Waals surface area (Å²) in [6, 6.07) is 10.3. The van der Waals surface area contributed by atoms with Crippen molar-refractivity contribution < 1.29 is 14.4 Å². The van der Waals surface area contributed by atoms with Gasteiger partial charge >= 0.3 is 0 Å². The molecule has 1 aromatic carbocycles. The first-order chi connectivity index (χ1) is 13.6. The number of fused-ring (bicyclic) bond motifs is 2. The molecule has 5 rings (SSSR count). The standard InChI is InChI=1S/C23H28N2O3/c26-20(15-24-21(27)18-11-4-5-12-19(18)22(24)28)25-14-17-10-6-7-13-23(17,25)16-8-2-1-3-9-16/h1-3,8-9,17-19H,4-7,10-15H2/t17-,18-,19+,23-/m1/s1. The zero-order valence-electron chi connectivity index (χ0n) is 16.3. The third-order valence-corrected chi connectivity index (χ3v) is 7.72. The van der Waals surface area contributed by atoms with Crippen LogP contribution < -0.4 is 0 Å². The number of carbonyl (C=O) groups is 3. The van der Waals surface area contributed by atoms with Crippen molar-refractivity contribution in [1.82, 2.24) is 9.80 Å². The molecular weight excluding hydrogens is 352 g/mol. The second kappa shape index (κ2) is 6.71. The maximum atomic E-state index is 13.3. The summed E-state index contributed by atoms with van der Waals surface area (Å²) in [6.07, 6.45) is 8.04. The van der Waals surface area contributed by atoms with Gasteiger partial charge in [0.25, 0.3) is 0 Å². The number of likely N-dealkylation sites (tertiary alicyclic amines) is 2. The summed E-state index contributed by atoms with van der Waals surface area (Å²) in [4.78, 5) is 42.1. The molecule has 4 aliphatic rings. The number of nitrogens with zero attached hydrogens (tertiary/aromatic N) is 2. The Morgan fingerprint density at radius 1 is 0.929 bits per heavy atom. The van der Waals surface area contributed by atoms with Crippen LogP contribution in [0.15, 0.2) is 30.3 Å². The van der Waals surface area contributed by atoms with Crippen molar-refractivity contribution in [3.8, 4) is 0 Å². The topological polar surface area (TPSA) is 57.7 Å². The van der Waals surface area contributed by atoms with Crippen LogP contribution in [0.25, 0.3) is 0 Å². The predicted octanol–water partition coefficient (Wildman–Crippen LogP) is 3.09. The summed E-state index contributed by atoms with van der Waals surface area (Å²) in [6.45, 7) is 0.669. The third-order valence-electron chi connectivity index (χ3n) is 7.72. The molecule has 148 valence electrons. The molecule has 0 N–H and O–H groups in total. The fraction of sp³-hybridized carbons (Fsp3) is 0.609. The molecule has 0 aromatic heterocycles. The molecule has 4 atom stereocenters. The van der Waals surface area contributed by atoms with Gasteiger partial charge < -0.3 is 4.90 Å². The van der Waals surface area contributed by atoms with Crippen LogP contribution in [0, 0.1) is 17.8 Å². The SMILES string of the molecule is O=C1[C@H]2CCCC[C@H]2C(=O)N1CC(=O)N1C[C@H]2CCCC[C@@]21c1ccccc1. The fourth-order valence-electron chi connectivity index (χ4n) is 6.29. The van der Waals surface area contributed by atoms with Crippen LogP contribution in [-0.2, 0) is 19.9 Å². The van der Waals surface area contributed by atoms with Gasteiger partial charge in [0.2, 0.25) is 17.7 Å². The van der Waals surface area contributed by atoms with Crippen molar-refractivity contribution in [2.24, 2.45) is 17.8 Å². The minimum atomic E-state index is -0.241. The van der Waals surface area contributed by atoms with Crippen LogP contribution in [0.1, 0.15) is 56.9 Å². The van der Waals surface area contributed by atoms with Gasteiger partial charge in [-0.15, -0.1) is 0 Å². The Labute approximate surface area is 166 Å². The lowest BCUT2D eigenvalue weighted by Gasteiger charge is -2.61. The Hall–Kier alpha value is -2.17. The highest BCUT2D eigenvalue weighted by Gasteiger charge is 2.58. The molecular formula is C23H28N2O3. The highest BCUT2D eigenvalue weighted by Crippen LogP contribution is 2.54. The highest BCUT2D eigenvalue weighted by molar-refractivity contribution is 6.07. The van der Waals surface area contributed by atoms with Gasteiger partial charge in [-0.2, -0.15) is 0 Å². The molecule has 0 radical (unpaired) electrons. The van der Waals surface area contributed by atoms with Gasteiger partial charge in [-0.05, 0) is 31.2 Å². The van der Waals surface area contributed by atoms with Crippen molar-refractivity contribution >= 4 is 17.7 Å². The van der Waals surface area contributed by atoms with E-state index in [1.165, 1.54) is 16.9 Å². The van der Waals surface area contributed by atoms with Crippen LogP contribution in [0.5, 0.6) is 0 Å². The number of benzene rings is 1. The predicted molar refractivity (Wildman–Crippen MR) is 104 cm³/mol. The van der Waals surface area contributed by atoms with Crippen LogP contribution in [0.2, 0.25) is 0 Å². The van der Waals surface area contributed by atoms with Crippen LogP contribution in [0.3, 0.4) is 0 Å². The summed E-state index contributed by atoms with van der Waals surface area (Å²) in [5.74, 6) is -0.176. The zero-order valence-corrected chi connectivity index (χ0v) is 16.3. The van der Waals surface area contributed by atoms with Crippen molar-refractivity contribution in [1.29, 1.82) is 0 Å². The summed E-state index contributed by atoms with van der Waals surface area (Å²) < 4.78 is 0. The number of rotatable bonds is 3. The maximum Gasteiger partial charge on any atom is 0.243 e. The molecule has 3 amide bonds. The average Bonchev–Trinajstić information content (AvgIpc) is 2.95.